The van der Waals surface area contributed by atoms with Crippen molar-refractivity contribution < 1.29 is 14.6 Å². The number of carbonyl (C=O) groups is 1. The topological polar surface area (TPSA) is 90.5 Å². The fraction of sp³-hybridized carbons (Fsp3) is 0.174. The van der Waals surface area contributed by atoms with Gasteiger partial charge >= 0.3 is 11.7 Å². The number of nitrogens with zero attached hydrogens (tertiary/aromatic N) is 2. The second-order valence-electron chi connectivity index (χ2n) is 7.07. The van der Waals surface area contributed by atoms with Gasteiger partial charge in [-0.3, -0.25) is 14.2 Å². The molecule has 0 saturated carbocycles. The van der Waals surface area contributed by atoms with Crippen LogP contribution in [0.15, 0.2) is 64.2 Å². The molecule has 4 aromatic rings. The van der Waals surface area contributed by atoms with E-state index < -0.39 is 23.8 Å². The van der Waals surface area contributed by atoms with Gasteiger partial charge in [0.2, 0.25) is 0 Å². The maximum atomic E-state index is 13.2. The van der Waals surface area contributed by atoms with Gasteiger partial charge in [0, 0.05) is 10.4 Å². The Morgan fingerprint density at radius 2 is 1.71 bits per heavy atom. The summed E-state index contributed by atoms with van der Waals surface area (Å²) < 4.78 is 7.66. The van der Waals surface area contributed by atoms with Crippen LogP contribution in [-0.4, -0.2) is 27.3 Å². The van der Waals surface area contributed by atoms with E-state index in [1.807, 2.05) is 55.5 Å². The first-order chi connectivity index (χ1) is 14.9. The lowest BCUT2D eigenvalue weighted by atomic mass is 10.1. The zero-order valence-electron chi connectivity index (χ0n) is 17.0. The SMILES string of the molecule is COc1ccccc1Cn1c(=O)n(CC(=O)O)c(=O)c2c(C)c(-c3ccccc3)sc21. The van der Waals surface area contributed by atoms with Gasteiger partial charge in [-0.2, -0.15) is 0 Å². The maximum absolute atomic E-state index is 13.2. The van der Waals surface area contributed by atoms with Gasteiger partial charge in [-0.05, 0) is 24.1 Å². The Labute approximate surface area is 181 Å². The minimum absolute atomic E-state index is 0.146. The summed E-state index contributed by atoms with van der Waals surface area (Å²) in [7, 11) is 1.55. The van der Waals surface area contributed by atoms with E-state index in [1.54, 1.807) is 13.2 Å². The molecule has 2 aromatic carbocycles. The number of carboxylic acid groups (broad SMARTS) is 1. The summed E-state index contributed by atoms with van der Waals surface area (Å²) in [6, 6.07) is 16.9. The Hall–Kier alpha value is -3.65. The molecule has 0 spiro atoms. The first kappa shape index (κ1) is 20.6. The van der Waals surface area contributed by atoms with Crippen molar-refractivity contribution in [3.05, 3.63) is 86.6 Å². The van der Waals surface area contributed by atoms with Crippen LogP contribution in [0.2, 0.25) is 0 Å². The maximum Gasteiger partial charge on any atom is 0.332 e. The molecule has 158 valence electrons. The fourth-order valence-corrected chi connectivity index (χ4v) is 4.98. The van der Waals surface area contributed by atoms with Gasteiger partial charge in [-0.15, -0.1) is 11.3 Å². The van der Waals surface area contributed by atoms with Crippen LogP contribution in [0.3, 0.4) is 0 Å². The average Bonchev–Trinajstić information content (AvgIpc) is 3.12. The number of methoxy groups -OCH3 is 1. The molecule has 4 rings (SSSR count). The molecule has 1 N–H and O–H groups in total. The van der Waals surface area contributed by atoms with Crippen LogP contribution in [0.5, 0.6) is 5.75 Å². The van der Waals surface area contributed by atoms with E-state index in [-0.39, 0.29) is 6.54 Å². The van der Waals surface area contributed by atoms with Crippen molar-refractivity contribution in [1.82, 2.24) is 9.13 Å². The second-order valence-corrected chi connectivity index (χ2v) is 8.07. The van der Waals surface area contributed by atoms with Gasteiger partial charge in [0.15, 0.2) is 0 Å². The highest BCUT2D eigenvalue weighted by molar-refractivity contribution is 7.22. The number of benzene rings is 2. The highest BCUT2D eigenvalue weighted by Gasteiger charge is 2.22. The zero-order valence-corrected chi connectivity index (χ0v) is 17.8. The predicted octanol–water partition coefficient (Wildman–Crippen LogP) is 3.34. The number of fused-ring (bicyclic) bond motifs is 1. The van der Waals surface area contributed by atoms with Crippen LogP contribution < -0.4 is 16.0 Å². The minimum Gasteiger partial charge on any atom is -0.496 e. The molecule has 0 unspecified atom stereocenters. The van der Waals surface area contributed by atoms with Crippen LogP contribution in [0.4, 0.5) is 0 Å². The number of hydrogen-bond acceptors (Lipinski definition) is 5. The Kier molecular flexibility index (Phi) is 5.48. The molecule has 7 nitrogen and oxygen atoms in total. The summed E-state index contributed by atoms with van der Waals surface area (Å²) >= 11 is 1.35. The molecule has 31 heavy (non-hydrogen) atoms. The van der Waals surface area contributed by atoms with Crippen LogP contribution in [-0.2, 0) is 17.9 Å². The number of hydrogen-bond donors (Lipinski definition) is 1. The number of carboxylic acids is 1. The summed E-state index contributed by atoms with van der Waals surface area (Å²) in [4.78, 5) is 39.1. The van der Waals surface area contributed by atoms with Crippen molar-refractivity contribution in [1.29, 1.82) is 0 Å². The van der Waals surface area contributed by atoms with Gasteiger partial charge in [0.1, 0.15) is 17.1 Å². The Morgan fingerprint density at radius 1 is 1.03 bits per heavy atom. The molecule has 0 bridgehead atoms. The van der Waals surface area contributed by atoms with E-state index in [0.29, 0.717) is 16.0 Å². The molecule has 2 heterocycles. The zero-order chi connectivity index (χ0) is 22.1. The van der Waals surface area contributed by atoms with Crippen molar-refractivity contribution in [2.45, 2.75) is 20.0 Å². The summed E-state index contributed by atoms with van der Waals surface area (Å²) in [6.07, 6.45) is 0. The van der Waals surface area contributed by atoms with Crippen LogP contribution >= 0.6 is 11.3 Å². The van der Waals surface area contributed by atoms with Gasteiger partial charge in [-0.1, -0.05) is 48.5 Å². The molecule has 0 atom stereocenters. The first-order valence-corrected chi connectivity index (χ1v) is 10.4. The normalized spacial score (nSPS) is 11.0. The van der Waals surface area contributed by atoms with Crippen molar-refractivity contribution in [2.24, 2.45) is 0 Å². The predicted molar refractivity (Wildman–Crippen MR) is 120 cm³/mol. The lowest BCUT2D eigenvalue weighted by Crippen LogP contribution is -2.41. The quantitative estimate of drug-likeness (QED) is 0.501. The van der Waals surface area contributed by atoms with Gasteiger partial charge in [-0.25, -0.2) is 9.36 Å². The van der Waals surface area contributed by atoms with Crippen LogP contribution in [0, 0.1) is 6.92 Å². The average molecular weight is 436 g/mol. The van der Waals surface area contributed by atoms with E-state index in [4.69, 9.17) is 4.74 Å². The Morgan fingerprint density at radius 3 is 2.39 bits per heavy atom. The summed E-state index contributed by atoms with van der Waals surface area (Å²) in [5.74, 6) is -0.645. The van der Waals surface area contributed by atoms with Crippen LogP contribution in [0.1, 0.15) is 11.1 Å². The summed E-state index contributed by atoms with van der Waals surface area (Å²) in [5.41, 5.74) is 1.16. The Bertz CT molecular complexity index is 1400. The molecular weight excluding hydrogens is 416 g/mol. The second kappa shape index (κ2) is 8.23. The number of rotatable bonds is 6. The third kappa shape index (κ3) is 3.66. The number of aryl methyl sites for hydroxylation is 1. The molecule has 8 heteroatoms. The molecule has 0 saturated heterocycles. The molecule has 0 fully saturated rings. The number of thiophene rings is 1. The molecule has 0 aliphatic carbocycles. The monoisotopic (exact) mass is 436 g/mol. The molecule has 0 aliphatic heterocycles. The minimum atomic E-state index is -1.25. The van der Waals surface area contributed by atoms with Crippen molar-refractivity contribution in [3.8, 4) is 16.2 Å². The summed E-state index contributed by atoms with van der Waals surface area (Å²) in [6.45, 7) is 1.27. The fourth-order valence-electron chi connectivity index (χ4n) is 3.68. The smallest absolute Gasteiger partial charge is 0.332 e. The molecule has 0 aliphatic rings. The van der Waals surface area contributed by atoms with E-state index in [2.05, 4.69) is 0 Å². The number of aliphatic carboxylic acids is 1. The van der Waals surface area contributed by atoms with Gasteiger partial charge in [0.05, 0.1) is 19.0 Å². The molecule has 0 amide bonds. The molecule has 0 radical (unpaired) electrons. The van der Waals surface area contributed by atoms with Crippen LogP contribution in [0.25, 0.3) is 20.7 Å². The molecular formula is C23H20N2O5S. The van der Waals surface area contributed by atoms with Gasteiger partial charge in [0.25, 0.3) is 5.56 Å². The lowest BCUT2D eigenvalue weighted by Gasteiger charge is -2.13. The highest BCUT2D eigenvalue weighted by Crippen LogP contribution is 2.36. The van der Waals surface area contributed by atoms with Crippen molar-refractivity contribution in [3.63, 3.8) is 0 Å². The third-order valence-electron chi connectivity index (χ3n) is 5.14. The standard InChI is InChI=1S/C23H20N2O5S/c1-14-19-21(28)24(13-18(26)27)23(29)25(12-16-10-6-7-11-17(16)30-2)22(19)31-20(14)15-8-4-3-5-9-15/h3-11H,12-13H2,1-2H3,(H,26,27). The lowest BCUT2D eigenvalue weighted by molar-refractivity contribution is -0.137. The molecule has 2 aromatic heterocycles. The largest absolute Gasteiger partial charge is 0.496 e. The highest BCUT2D eigenvalue weighted by atomic mass is 32.1. The van der Waals surface area contributed by atoms with Crippen molar-refractivity contribution in [2.75, 3.05) is 7.11 Å². The Balaban J connectivity index is 2.04. The van der Waals surface area contributed by atoms with E-state index in [9.17, 15) is 19.5 Å². The number of ether oxygens (including phenoxy) is 1. The van der Waals surface area contributed by atoms with Crippen molar-refractivity contribution >= 4 is 27.5 Å². The summed E-state index contributed by atoms with van der Waals surface area (Å²) in [5, 5.41) is 9.64. The third-order valence-corrected chi connectivity index (χ3v) is 6.51. The van der Waals surface area contributed by atoms with E-state index in [0.717, 1.165) is 26.1 Å². The van der Waals surface area contributed by atoms with Gasteiger partial charge < -0.3 is 9.84 Å². The first-order valence-electron chi connectivity index (χ1n) is 9.58. The van der Waals surface area contributed by atoms with E-state index in [1.165, 1.54) is 15.9 Å². The number of para-hydroxylation sites is 1. The van der Waals surface area contributed by atoms with E-state index >= 15 is 0 Å². The number of aromatic nitrogens is 2.